The number of aromatic nitrogens is 1. The number of carbonyl (C=O) groups excluding carboxylic acids is 1. The van der Waals surface area contributed by atoms with E-state index in [0.29, 0.717) is 25.5 Å². The van der Waals surface area contributed by atoms with E-state index in [-0.39, 0.29) is 12.1 Å². The molecule has 0 saturated carbocycles. The molecule has 0 aliphatic carbocycles. The van der Waals surface area contributed by atoms with Crippen molar-refractivity contribution in [3.8, 4) is 5.75 Å². The van der Waals surface area contributed by atoms with Gasteiger partial charge in [0.15, 0.2) is 5.82 Å². The average molecular weight is 340 g/mol. The lowest BCUT2D eigenvalue weighted by atomic mass is 10.1. The van der Waals surface area contributed by atoms with Crippen LogP contribution >= 0.6 is 0 Å². The van der Waals surface area contributed by atoms with Gasteiger partial charge in [-0.15, -0.1) is 0 Å². The number of pyridine rings is 1. The lowest BCUT2D eigenvalue weighted by molar-refractivity contribution is 0.122. The lowest BCUT2D eigenvalue weighted by Gasteiger charge is -2.29. The quantitative estimate of drug-likeness (QED) is 0.896. The number of nitrogens with zero attached hydrogens (tertiary/aromatic N) is 2. The number of anilines is 2. The monoisotopic (exact) mass is 340 g/mol. The molecule has 2 aromatic rings. The van der Waals surface area contributed by atoms with Crippen molar-refractivity contribution in [1.29, 1.82) is 0 Å². The maximum Gasteiger partial charge on any atom is 0.319 e. The van der Waals surface area contributed by atoms with Gasteiger partial charge in [-0.2, -0.15) is 0 Å². The van der Waals surface area contributed by atoms with Crippen LogP contribution in [-0.2, 0) is 4.74 Å². The molecule has 3 heterocycles. The minimum atomic E-state index is -0.271. The van der Waals surface area contributed by atoms with Crippen molar-refractivity contribution < 1.29 is 14.3 Å². The van der Waals surface area contributed by atoms with Crippen LogP contribution in [0, 0.1) is 0 Å². The number of hydrogen-bond donors (Lipinski definition) is 2. The van der Waals surface area contributed by atoms with Crippen molar-refractivity contribution in [2.45, 2.75) is 6.04 Å². The molecule has 25 heavy (non-hydrogen) atoms. The molecule has 130 valence electrons. The number of ether oxygens (including phenoxy) is 2. The van der Waals surface area contributed by atoms with Crippen LogP contribution in [0.15, 0.2) is 42.6 Å². The van der Waals surface area contributed by atoms with Crippen LogP contribution in [0.1, 0.15) is 11.6 Å². The highest BCUT2D eigenvalue weighted by Gasteiger charge is 2.25. The Labute approximate surface area is 145 Å². The number of hydrogen-bond acceptors (Lipinski definition) is 5. The number of amides is 2. The minimum Gasteiger partial charge on any atom is -0.491 e. The van der Waals surface area contributed by atoms with Crippen molar-refractivity contribution in [2.75, 3.05) is 43.1 Å². The Hall–Kier alpha value is -2.80. The molecule has 0 bridgehead atoms. The predicted octanol–water partition coefficient (Wildman–Crippen LogP) is 2.17. The molecule has 1 unspecified atom stereocenters. The zero-order valence-corrected chi connectivity index (χ0v) is 13.8. The topological polar surface area (TPSA) is 75.7 Å². The number of benzene rings is 1. The molecule has 7 heteroatoms. The highest BCUT2D eigenvalue weighted by atomic mass is 16.5. The van der Waals surface area contributed by atoms with Gasteiger partial charge in [0.05, 0.1) is 24.9 Å². The fourth-order valence-corrected chi connectivity index (χ4v) is 3.12. The summed E-state index contributed by atoms with van der Waals surface area (Å²) in [6.45, 7) is 3.29. The van der Waals surface area contributed by atoms with Crippen LogP contribution in [0.5, 0.6) is 5.75 Å². The van der Waals surface area contributed by atoms with Gasteiger partial charge >= 0.3 is 6.03 Å². The van der Waals surface area contributed by atoms with Crippen molar-refractivity contribution >= 4 is 17.5 Å². The van der Waals surface area contributed by atoms with E-state index in [4.69, 9.17) is 9.47 Å². The first kappa shape index (κ1) is 15.7. The van der Waals surface area contributed by atoms with Gasteiger partial charge < -0.3 is 25.0 Å². The van der Waals surface area contributed by atoms with E-state index in [1.807, 2.05) is 36.4 Å². The second kappa shape index (κ2) is 6.98. The zero-order chi connectivity index (χ0) is 17.1. The SMILES string of the molecule is O=C(Nc1cccnc1N1CCOCC1)NC1COc2ccccc21. The summed E-state index contributed by atoms with van der Waals surface area (Å²) in [5, 5.41) is 5.88. The molecule has 1 aromatic carbocycles. The number of carbonyl (C=O) groups is 1. The Kier molecular flexibility index (Phi) is 4.39. The Morgan fingerprint density at radius 1 is 1.16 bits per heavy atom. The Balaban J connectivity index is 1.45. The largest absolute Gasteiger partial charge is 0.491 e. The summed E-state index contributed by atoms with van der Waals surface area (Å²) >= 11 is 0. The van der Waals surface area contributed by atoms with Gasteiger partial charge in [0.2, 0.25) is 0 Å². The smallest absolute Gasteiger partial charge is 0.319 e. The number of fused-ring (bicyclic) bond motifs is 1. The molecule has 7 nitrogen and oxygen atoms in total. The maximum absolute atomic E-state index is 12.5. The third-order valence-electron chi connectivity index (χ3n) is 4.35. The van der Waals surface area contributed by atoms with E-state index in [2.05, 4.69) is 20.5 Å². The molecule has 2 aliphatic heterocycles. The number of nitrogens with one attached hydrogen (secondary N) is 2. The lowest BCUT2D eigenvalue weighted by Crippen LogP contribution is -2.38. The van der Waals surface area contributed by atoms with Crippen molar-refractivity contribution in [1.82, 2.24) is 10.3 Å². The van der Waals surface area contributed by atoms with Gasteiger partial charge in [0.25, 0.3) is 0 Å². The molecule has 0 spiro atoms. The van der Waals surface area contributed by atoms with Crippen LogP contribution in [0.3, 0.4) is 0 Å². The second-order valence-corrected chi connectivity index (χ2v) is 5.97. The molecule has 1 saturated heterocycles. The first-order chi connectivity index (χ1) is 12.3. The number of morpholine rings is 1. The Bertz CT molecular complexity index is 761. The van der Waals surface area contributed by atoms with Crippen LogP contribution in [0.4, 0.5) is 16.3 Å². The van der Waals surface area contributed by atoms with Crippen LogP contribution in [0.25, 0.3) is 0 Å². The molecule has 0 radical (unpaired) electrons. The second-order valence-electron chi connectivity index (χ2n) is 5.97. The van der Waals surface area contributed by atoms with E-state index in [1.54, 1.807) is 6.20 Å². The molecule has 1 atom stereocenters. The van der Waals surface area contributed by atoms with Gasteiger partial charge in [0.1, 0.15) is 12.4 Å². The summed E-state index contributed by atoms with van der Waals surface area (Å²) in [6, 6.07) is 11.0. The van der Waals surface area contributed by atoms with Crippen LogP contribution in [-0.4, -0.2) is 43.9 Å². The number of urea groups is 1. The highest BCUT2D eigenvalue weighted by molar-refractivity contribution is 5.92. The van der Waals surface area contributed by atoms with Gasteiger partial charge in [-0.25, -0.2) is 9.78 Å². The summed E-state index contributed by atoms with van der Waals surface area (Å²) in [4.78, 5) is 19.0. The summed E-state index contributed by atoms with van der Waals surface area (Å²) in [6.07, 6.45) is 1.73. The van der Waals surface area contributed by atoms with E-state index < -0.39 is 0 Å². The van der Waals surface area contributed by atoms with Gasteiger partial charge in [-0.05, 0) is 18.2 Å². The fraction of sp³-hybridized carbons (Fsp3) is 0.333. The number of para-hydroxylation sites is 1. The third kappa shape index (κ3) is 3.36. The Morgan fingerprint density at radius 2 is 2.00 bits per heavy atom. The standard InChI is InChI=1S/C18H20N4O3/c23-18(21-15-12-25-16-6-2-1-4-13(15)16)20-14-5-3-7-19-17(14)22-8-10-24-11-9-22/h1-7,15H,8-12H2,(H2,20,21,23). The van der Waals surface area contributed by atoms with Crippen molar-refractivity contribution in [3.05, 3.63) is 48.2 Å². The van der Waals surface area contributed by atoms with E-state index in [0.717, 1.165) is 30.2 Å². The van der Waals surface area contributed by atoms with E-state index >= 15 is 0 Å². The third-order valence-corrected chi connectivity index (χ3v) is 4.35. The highest BCUT2D eigenvalue weighted by Crippen LogP contribution is 2.31. The summed E-state index contributed by atoms with van der Waals surface area (Å²) in [5.74, 6) is 1.59. The molecular formula is C18H20N4O3. The van der Waals surface area contributed by atoms with Crippen LogP contribution < -0.4 is 20.3 Å². The molecular weight excluding hydrogens is 320 g/mol. The molecule has 1 fully saturated rings. The molecule has 2 N–H and O–H groups in total. The summed E-state index contributed by atoms with van der Waals surface area (Å²) in [5.41, 5.74) is 1.69. The molecule has 1 aromatic heterocycles. The molecule has 2 amide bonds. The average Bonchev–Trinajstić information content (AvgIpc) is 3.06. The first-order valence-electron chi connectivity index (χ1n) is 8.38. The fourth-order valence-electron chi connectivity index (χ4n) is 3.12. The van der Waals surface area contributed by atoms with E-state index in [1.165, 1.54) is 0 Å². The Morgan fingerprint density at radius 3 is 2.88 bits per heavy atom. The number of rotatable bonds is 3. The maximum atomic E-state index is 12.5. The summed E-state index contributed by atoms with van der Waals surface area (Å²) < 4.78 is 11.0. The molecule has 4 rings (SSSR count). The predicted molar refractivity (Wildman–Crippen MR) is 94.1 cm³/mol. The molecule has 2 aliphatic rings. The van der Waals surface area contributed by atoms with Crippen molar-refractivity contribution in [3.63, 3.8) is 0 Å². The normalized spacial score (nSPS) is 19.0. The minimum absolute atomic E-state index is 0.153. The van der Waals surface area contributed by atoms with E-state index in [9.17, 15) is 4.79 Å². The van der Waals surface area contributed by atoms with Gasteiger partial charge in [-0.1, -0.05) is 18.2 Å². The first-order valence-corrected chi connectivity index (χ1v) is 8.38. The summed E-state index contributed by atoms with van der Waals surface area (Å²) in [7, 11) is 0. The van der Waals surface area contributed by atoms with Gasteiger partial charge in [-0.3, -0.25) is 0 Å². The van der Waals surface area contributed by atoms with Gasteiger partial charge in [0, 0.05) is 24.8 Å². The van der Waals surface area contributed by atoms with Crippen LogP contribution in [0.2, 0.25) is 0 Å². The van der Waals surface area contributed by atoms with Crippen molar-refractivity contribution in [2.24, 2.45) is 0 Å². The zero-order valence-electron chi connectivity index (χ0n) is 13.8.